The Labute approximate surface area is 154 Å². The molecule has 0 saturated carbocycles. The monoisotopic (exact) mass is 363 g/mol. The van der Waals surface area contributed by atoms with Crippen molar-refractivity contribution in [3.8, 4) is 0 Å². The van der Waals surface area contributed by atoms with Gasteiger partial charge < -0.3 is 15.0 Å². The molecule has 0 aliphatic carbocycles. The summed E-state index contributed by atoms with van der Waals surface area (Å²) in [6.45, 7) is 1.38. The molecule has 1 aliphatic rings. The van der Waals surface area contributed by atoms with Gasteiger partial charge in [-0.05, 0) is 25.1 Å². The molecule has 1 atom stereocenters. The molecular weight excluding hydrogens is 346 g/mol. The number of amides is 2. The predicted octanol–water partition coefficient (Wildman–Crippen LogP) is 2.70. The van der Waals surface area contributed by atoms with E-state index in [2.05, 4.69) is 10.3 Å². The molecule has 0 bridgehead atoms. The number of ether oxygens (including phenoxy) is 1. The van der Waals surface area contributed by atoms with Gasteiger partial charge in [-0.15, -0.1) is 0 Å². The molecule has 3 aromatic rings. The first-order valence-corrected chi connectivity index (χ1v) is 8.52. The van der Waals surface area contributed by atoms with Gasteiger partial charge in [-0.25, -0.2) is 4.79 Å². The molecule has 2 aromatic carbocycles. The van der Waals surface area contributed by atoms with Gasteiger partial charge in [0.1, 0.15) is 6.54 Å². The molecule has 0 fully saturated rings. The fourth-order valence-electron chi connectivity index (χ4n) is 3.16. The van der Waals surface area contributed by atoms with Crippen LogP contribution in [0, 0.1) is 0 Å². The topological polar surface area (TPSA) is 91.5 Å². The smallest absolute Gasteiger partial charge is 0.341 e. The predicted molar refractivity (Wildman–Crippen MR) is 101 cm³/mol. The largest absolute Gasteiger partial charge is 0.449 e. The third-order valence-electron chi connectivity index (χ3n) is 4.48. The highest BCUT2D eigenvalue weighted by molar-refractivity contribution is 6.11. The first-order valence-electron chi connectivity index (χ1n) is 8.52. The van der Waals surface area contributed by atoms with Crippen LogP contribution in [0.15, 0.2) is 54.7 Å². The SMILES string of the molecule is C[C@H](OC(=O)c1c[nH]c2ccccc12)C(=O)N1CC(=O)Nc2ccccc21. The normalized spacial score (nSPS) is 14.4. The molecular formula is C20H17N3O4. The summed E-state index contributed by atoms with van der Waals surface area (Å²) in [5.41, 5.74) is 2.31. The van der Waals surface area contributed by atoms with Crippen LogP contribution in [-0.4, -0.2) is 35.4 Å². The van der Waals surface area contributed by atoms with E-state index in [-0.39, 0.29) is 12.5 Å². The number of aromatic amines is 1. The number of hydrogen-bond donors (Lipinski definition) is 2. The number of carbonyl (C=O) groups excluding carboxylic acids is 3. The van der Waals surface area contributed by atoms with Gasteiger partial charge in [0.05, 0.1) is 16.9 Å². The van der Waals surface area contributed by atoms with Crippen LogP contribution < -0.4 is 10.2 Å². The standard InChI is InChI=1S/C20H17N3O4/c1-12(27-20(26)14-10-21-15-7-3-2-6-13(14)15)19(25)23-11-18(24)22-16-8-4-5-9-17(16)23/h2-10,12,21H,11H2,1H3,(H,22,24)/t12-/m0/s1. The minimum Gasteiger partial charge on any atom is -0.449 e. The van der Waals surface area contributed by atoms with E-state index in [0.29, 0.717) is 16.9 Å². The molecule has 2 N–H and O–H groups in total. The lowest BCUT2D eigenvalue weighted by atomic mass is 10.1. The summed E-state index contributed by atoms with van der Waals surface area (Å²) in [5, 5.41) is 3.45. The number of nitrogens with zero attached hydrogens (tertiary/aromatic N) is 1. The molecule has 0 saturated heterocycles. The Hall–Kier alpha value is -3.61. The van der Waals surface area contributed by atoms with Crippen molar-refractivity contribution in [1.82, 2.24) is 4.98 Å². The summed E-state index contributed by atoms with van der Waals surface area (Å²) in [5.74, 6) is -1.34. The molecule has 27 heavy (non-hydrogen) atoms. The van der Waals surface area contributed by atoms with E-state index in [1.807, 2.05) is 18.2 Å². The molecule has 1 aromatic heterocycles. The summed E-state index contributed by atoms with van der Waals surface area (Å²) < 4.78 is 5.39. The van der Waals surface area contributed by atoms with E-state index >= 15 is 0 Å². The van der Waals surface area contributed by atoms with Crippen molar-refractivity contribution >= 4 is 40.1 Å². The Kier molecular flexibility index (Phi) is 4.12. The van der Waals surface area contributed by atoms with Gasteiger partial charge in [0.25, 0.3) is 5.91 Å². The van der Waals surface area contributed by atoms with Crippen LogP contribution in [0.4, 0.5) is 11.4 Å². The number of hydrogen-bond acceptors (Lipinski definition) is 4. The van der Waals surface area contributed by atoms with E-state index in [1.165, 1.54) is 11.8 Å². The van der Waals surface area contributed by atoms with Crippen LogP contribution in [0.5, 0.6) is 0 Å². The highest BCUT2D eigenvalue weighted by atomic mass is 16.5. The van der Waals surface area contributed by atoms with Crippen molar-refractivity contribution in [2.45, 2.75) is 13.0 Å². The molecule has 4 rings (SSSR count). The molecule has 0 unspecified atom stereocenters. The van der Waals surface area contributed by atoms with E-state index in [9.17, 15) is 14.4 Å². The van der Waals surface area contributed by atoms with Crippen molar-refractivity contribution in [3.05, 3.63) is 60.3 Å². The highest BCUT2D eigenvalue weighted by Crippen LogP contribution is 2.29. The molecule has 2 amide bonds. The molecule has 7 heteroatoms. The number of nitrogens with one attached hydrogen (secondary N) is 2. The minimum atomic E-state index is -1.04. The van der Waals surface area contributed by atoms with Crippen LogP contribution in [0.3, 0.4) is 0 Å². The number of anilines is 2. The Balaban J connectivity index is 1.55. The zero-order chi connectivity index (χ0) is 19.0. The second kappa shape index (κ2) is 6.60. The van der Waals surface area contributed by atoms with Crippen molar-refractivity contribution in [1.29, 1.82) is 0 Å². The summed E-state index contributed by atoms with van der Waals surface area (Å²) in [4.78, 5) is 41.6. The maximum atomic E-state index is 12.8. The number of rotatable bonds is 3. The Morgan fingerprint density at radius 1 is 1.11 bits per heavy atom. The number of H-pyrrole nitrogens is 1. The second-order valence-corrected chi connectivity index (χ2v) is 6.29. The van der Waals surface area contributed by atoms with Crippen LogP contribution in [0.2, 0.25) is 0 Å². The molecule has 0 radical (unpaired) electrons. The maximum absolute atomic E-state index is 12.8. The van der Waals surface area contributed by atoms with Gasteiger partial charge >= 0.3 is 5.97 Å². The van der Waals surface area contributed by atoms with Crippen LogP contribution in [0.1, 0.15) is 17.3 Å². The average molecular weight is 363 g/mol. The van der Waals surface area contributed by atoms with E-state index in [4.69, 9.17) is 4.74 Å². The number of aromatic nitrogens is 1. The summed E-state index contributed by atoms with van der Waals surface area (Å²) >= 11 is 0. The van der Waals surface area contributed by atoms with Gasteiger partial charge in [0.2, 0.25) is 5.91 Å². The Bertz CT molecular complexity index is 1060. The van der Waals surface area contributed by atoms with E-state index in [1.54, 1.807) is 36.5 Å². The quantitative estimate of drug-likeness (QED) is 0.700. The number of fused-ring (bicyclic) bond motifs is 2. The zero-order valence-corrected chi connectivity index (χ0v) is 14.6. The molecule has 136 valence electrons. The third-order valence-corrected chi connectivity index (χ3v) is 4.48. The molecule has 1 aliphatic heterocycles. The highest BCUT2D eigenvalue weighted by Gasteiger charge is 2.31. The fourth-order valence-corrected chi connectivity index (χ4v) is 3.16. The van der Waals surface area contributed by atoms with Gasteiger partial charge in [-0.2, -0.15) is 0 Å². The molecule has 0 spiro atoms. The Morgan fingerprint density at radius 3 is 2.70 bits per heavy atom. The van der Waals surface area contributed by atoms with Gasteiger partial charge in [0, 0.05) is 17.1 Å². The van der Waals surface area contributed by atoms with Crippen LogP contribution in [-0.2, 0) is 14.3 Å². The number of esters is 1. The lowest BCUT2D eigenvalue weighted by molar-refractivity contribution is -0.128. The van der Waals surface area contributed by atoms with Crippen molar-refractivity contribution in [2.75, 3.05) is 16.8 Å². The molecule has 7 nitrogen and oxygen atoms in total. The van der Waals surface area contributed by atoms with Crippen LogP contribution >= 0.6 is 0 Å². The van der Waals surface area contributed by atoms with E-state index < -0.39 is 18.0 Å². The van der Waals surface area contributed by atoms with Crippen molar-refractivity contribution in [2.24, 2.45) is 0 Å². The molecule has 2 heterocycles. The number of para-hydroxylation sites is 3. The van der Waals surface area contributed by atoms with Gasteiger partial charge in [-0.1, -0.05) is 30.3 Å². The first kappa shape index (κ1) is 16.8. The summed E-state index contributed by atoms with van der Waals surface area (Å²) in [6, 6.07) is 14.3. The zero-order valence-electron chi connectivity index (χ0n) is 14.6. The summed E-state index contributed by atoms with van der Waals surface area (Å²) in [7, 11) is 0. The number of benzene rings is 2. The lowest BCUT2D eigenvalue weighted by Crippen LogP contribution is -2.47. The third kappa shape index (κ3) is 3.03. The second-order valence-electron chi connectivity index (χ2n) is 6.29. The average Bonchev–Trinajstić information content (AvgIpc) is 3.11. The fraction of sp³-hybridized carbons (Fsp3) is 0.150. The number of carbonyl (C=O) groups is 3. The van der Waals surface area contributed by atoms with Crippen molar-refractivity contribution in [3.63, 3.8) is 0 Å². The van der Waals surface area contributed by atoms with Gasteiger partial charge in [0.15, 0.2) is 6.10 Å². The minimum absolute atomic E-state index is 0.120. The van der Waals surface area contributed by atoms with Crippen molar-refractivity contribution < 1.29 is 19.1 Å². The maximum Gasteiger partial charge on any atom is 0.341 e. The van der Waals surface area contributed by atoms with Crippen LogP contribution in [0.25, 0.3) is 10.9 Å². The lowest BCUT2D eigenvalue weighted by Gasteiger charge is -2.30. The van der Waals surface area contributed by atoms with E-state index in [0.717, 1.165) is 10.9 Å². The summed E-state index contributed by atoms with van der Waals surface area (Å²) in [6.07, 6.45) is 0.526. The first-order chi connectivity index (χ1) is 13.0. The Morgan fingerprint density at radius 2 is 1.85 bits per heavy atom. The van der Waals surface area contributed by atoms with Gasteiger partial charge in [-0.3, -0.25) is 14.5 Å².